The Balaban J connectivity index is 1.91. The number of halogens is 2. The predicted octanol–water partition coefficient (Wildman–Crippen LogP) is 1.80. The highest BCUT2D eigenvalue weighted by Gasteiger charge is 2.20. The second-order valence-corrected chi connectivity index (χ2v) is 5.16. The lowest BCUT2D eigenvalue weighted by atomic mass is 10.5. The Kier molecular flexibility index (Phi) is 4.60. The smallest absolute Gasteiger partial charge is 0.358 e. The van der Waals surface area contributed by atoms with E-state index in [2.05, 4.69) is 15.6 Å². The summed E-state index contributed by atoms with van der Waals surface area (Å²) in [5.41, 5.74) is 2.19. The van der Waals surface area contributed by atoms with Crippen LogP contribution in [0.5, 0.6) is 0 Å². The summed E-state index contributed by atoms with van der Waals surface area (Å²) >= 11 is 6.46. The minimum atomic E-state index is -0.750. The van der Waals surface area contributed by atoms with Crippen LogP contribution in [0.1, 0.15) is 4.88 Å². The Morgan fingerprint density at radius 3 is 3.00 bits per heavy atom. The van der Waals surface area contributed by atoms with Gasteiger partial charge in [0.2, 0.25) is 0 Å². The number of rotatable bonds is 5. The number of carbonyl (C=O) groups is 1. The Labute approximate surface area is 126 Å². The molecule has 0 atom stereocenters. The van der Waals surface area contributed by atoms with Gasteiger partial charge in [-0.3, -0.25) is 4.79 Å². The molecule has 21 heavy (non-hydrogen) atoms. The topological polar surface area (TPSA) is 102 Å². The van der Waals surface area contributed by atoms with Gasteiger partial charge in [0.1, 0.15) is 6.54 Å². The molecule has 0 unspecified atom stereocenters. The first kappa shape index (κ1) is 15.1. The number of hydrogen-bond donors (Lipinski definition) is 1. The minimum absolute atomic E-state index is 0.162. The Bertz CT molecular complexity index is 713. The van der Waals surface area contributed by atoms with Gasteiger partial charge in [0.05, 0.1) is 22.4 Å². The van der Waals surface area contributed by atoms with Crippen molar-refractivity contribution in [1.29, 1.82) is 0 Å². The molecule has 0 spiro atoms. The predicted molar refractivity (Wildman–Crippen MR) is 73.9 cm³/mol. The molecule has 2 rings (SSSR count). The molecule has 0 bridgehead atoms. The minimum Gasteiger partial charge on any atom is -0.358 e. The molecule has 8 nitrogen and oxygen atoms in total. The molecule has 1 N–H and O–H groups in total. The number of thiophene rings is 1. The van der Waals surface area contributed by atoms with Crippen molar-refractivity contribution in [1.82, 2.24) is 15.2 Å². The van der Waals surface area contributed by atoms with E-state index in [0.717, 1.165) is 22.2 Å². The number of hydrogen-bond acceptors (Lipinski definition) is 6. The summed E-state index contributed by atoms with van der Waals surface area (Å²) in [5.74, 6) is -1.08. The summed E-state index contributed by atoms with van der Waals surface area (Å²) in [6.07, 6.45) is 2.45. The van der Waals surface area contributed by atoms with E-state index in [-0.39, 0.29) is 16.7 Å². The lowest BCUT2D eigenvalue weighted by Gasteiger charge is -1.96. The van der Waals surface area contributed by atoms with Gasteiger partial charge in [0.25, 0.3) is 5.91 Å². The van der Waals surface area contributed by atoms with Crippen molar-refractivity contribution in [2.45, 2.75) is 6.54 Å². The lowest BCUT2D eigenvalue weighted by Crippen LogP contribution is -2.23. The summed E-state index contributed by atoms with van der Waals surface area (Å²) < 4.78 is 13.7. The summed E-state index contributed by atoms with van der Waals surface area (Å²) in [6.45, 7) is -0.288. The van der Waals surface area contributed by atoms with E-state index in [1.54, 1.807) is 0 Å². The van der Waals surface area contributed by atoms with Gasteiger partial charge in [-0.2, -0.15) is 14.2 Å². The third-order valence-corrected chi connectivity index (χ3v) is 3.23. The van der Waals surface area contributed by atoms with Crippen LogP contribution in [-0.2, 0) is 11.3 Å². The molecule has 2 aromatic heterocycles. The third-order valence-electron chi connectivity index (χ3n) is 2.15. The molecule has 0 saturated heterocycles. The molecule has 110 valence electrons. The standard InChI is InChI=1S/C10H7ClFN5O3S/c11-7-4-16(15-10(7)17(19)20)5-9(18)14-13-3-6-1-2-8(12)21-6/h1-4H,5H2,(H,14,18)/b13-3+. The van der Waals surface area contributed by atoms with E-state index in [9.17, 15) is 19.3 Å². The van der Waals surface area contributed by atoms with Gasteiger partial charge < -0.3 is 10.1 Å². The van der Waals surface area contributed by atoms with Crippen molar-refractivity contribution in [3.8, 4) is 0 Å². The molecule has 0 aliphatic carbocycles. The van der Waals surface area contributed by atoms with Crippen molar-refractivity contribution in [3.05, 3.63) is 43.5 Å². The average molecular weight is 332 g/mol. The Morgan fingerprint density at radius 1 is 1.67 bits per heavy atom. The maximum absolute atomic E-state index is 12.7. The number of aromatic nitrogens is 2. The van der Waals surface area contributed by atoms with Crippen molar-refractivity contribution in [3.63, 3.8) is 0 Å². The van der Waals surface area contributed by atoms with Gasteiger partial charge in [-0.15, -0.1) is 11.3 Å². The Hall–Kier alpha value is -2.33. The van der Waals surface area contributed by atoms with E-state index in [1.807, 2.05) is 0 Å². The number of nitrogens with one attached hydrogen (secondary N) is 1. The highest BCUT2D eigenvalue weighted by atomic mass is 35.5. The summed E-state index contributed by atoms with van der Waals surface area (Å²) in [7, 11) is 0. The molecule has 0 saturated carbocycles. The van der Waals surface area contributed by atoms with E-state index >= 15 is 0 Å². The maximum Gasteiger partial charge on any atom is 0.408 e. The molecule has 0 fully saturated rings. The molecular formula is C10H7ClFN5O3S. The molecule has 2 aromatic rings. The molecule has 0 aliphatic heterocycles. The third kappa shape index (κ3) is 4.07. The number of hydrazone groups is 1. The van der Waals surface area contributed by atoms with Crippen LogP contribution in [0.4, 0.5) is 10.2 Å². The highest BCUT2D eigenvalue weighted by molar-refractivity contribution is 7.12. The summed E-state index contributed by atoms with van der Waals surface area (Å²) in [4.78, 5) is 21.9. The second kappa shape index (κ2) is 6.41. The van der Waals surface area contributed by atoms with Gasteiger partial charge in [-0.25, -0.2) is 5.43 Å². The average Bonchev–Trinajstić information content (AvgIpc) is 2.96. The lowest BCUT2D eigenvalue weighted by molar-refractivity contribution is -0.389. The van der Waals surface area contributed by atoms with E-state index in [1.165, 1.54) is 18.3 Å². The molecule has 0 radical (unpaired) electrons. The molecular weight excluding hydrogens is 325 g/mol. The number of nitrogens with zero attached hydrogens (tertiary/aromatic N) is 4. The first-order valence-electron chi connectivity index (χ1n) is 5.40. The fourth-order valence-corrected chi connectivity index (χ4v) is 2.16. The summed E-state index contributed by atoms with van der Waals surface area (Å²) in [5, 5.41) is 17.2. The zero-order chi connectivity index (χ0) is 15.4. The normalized spacial score (nSPS) is 11.0. The van der Waals surface area contributed by atoms with E-state index in [4.69, 9.17) is 11.6 Å². The second-order valence-electron chi connectivity index (χ2n) is 3.69. The quantitative estimate of drug-likeness (QED) is 0.512. The van der Waals surface area contributed by atoms with Crippen LogP contribution in [0.3, 0.4) is 0 Å². The zero-order valence-electron chi connectivity index (χ0n) is 10.2. The largest absolute Gasteiger partial charge is 0.408 e. The molecule has 2 heterocycles. The first-order chi connectivity index (χ1) is 9.95. The first-order valence-corrected chi connectivity index (χ1v) is 6.59. The Morgan fingerprint density at radius 2 is 2.43 bits per heavy atom. The zero-order valence-corrected chi connectivity index (χ0v) is 11.8. The van der Waals surface area contributed by atoms with Crippen LogP contribution in [0.25, 0.3) is 0 Å². The molecule has 1 amide bonds. The maximum atomic E-state index is 12.7. The monoisotopic (exact) mass is 331 g/mol. The van der Waals surface area contributed by atoms with Crippen LogP contribution in [0.15, 0.2) is 23.4 Å². The van der Waals surface area contributed by atoms with Gasteiger partial charge in [-0.1, -0.05) is 11.6 Å². The van der Waals surface area contributed by atoms with Gasteiger partial charge in [0, 0.05) is 0 Å². The van der Waals surface area contributed by atoms with Gasteiger partial charge in [0.15, 0.2) is 10.2 Å². The highest BCUT2D eigenvalue weighted by Crippen LogP contribution is 2.20. The molecule has 0 aromatic carbocycles. The number of carbonyl (C=O) groups excluding carboxylic acids is 1. The molecule has 11 heteroatoms. The van der Waals surface area contributed by atoms with E-state index < -0.39 is 16.6 Å². The van der Waals surface area contributed by atoms with E-state index in [0.29, 0.717) is 4.88 Å². The van der Waals surface area contributed by atoms with Crippen molar-refractivity contribution in [2.24, 2.45) is 5.10 Å². The van der Waals surface area contributed by atoms with Gasteiger partial charge in [-0.05, 0) is 17.1 Å². The van der Waals surface area contributed by atoms with Gasteiger partial charge >= 0.3 is 5.82 Å². The van der Waals surface area contributed by atoms with Crippen molar-refractivity contribution >= 4 is 40.9 Å². The SMILES string of the molecule is O=C(Cn1cc(Cl)c([N+](=O)[O-])n1)N/N=C/c1ccc(F)s1. The fraction of sp³-hybridized carbons (Fsp3) is 0.100. The number of nitro groups is 1. The van der Waals surface area contributed by atoms with Crippen LogP contribution in [0.2, 0.25) is 5.02 Å². The van der Waals surface area contributed by atoms with Crippen LogP contribution in [0, 0.1) is 15.2 Å². The summed E-state index contributed by atoms with van der Waals surface area (Å²) in [6, 6.07) is 2.78. The van der Waals surface area contributed by atoms with Crippen LogP contribution >= 0.6 is 22.9 Å². The fourth-order valence-electron chi connectivity index (χ4n) is 1.34. The van der Waals surface area contributed by atoms with Crippen LogP contribution < -0.4 is 5.43 Å². The number of amides is 1. The molecule has 0 aliphatic rings. The van der Waals surface area contributed by atoms with Crippen molar-refractivity contribution in [2.75, 3.05) is 0 Å². The van der Waals surface area contributed by atoms with Crippen LogP contribution in [-0.4, -0.2) is 26.8 Å². The van der Waals surface area contributed by atoms with Crippen molar-refractivity contribution < 1.29 is 14.1 Å².